The first-order valence-corrected chi connectivity index (χ1v) is 8.10. The summed E-state index contributed by atoms with van der Waals surface area (Å²) in [5.41, 5.74) is 0.793. The van der Waals surface area contributed by atoms with Crippen LogP contribution < -0.4 is 14.8 Å². The number of methoxy groups -OCH3 is 1. The molecule has 0 bridgehead atoms. The van der Waals surface area contributed by atoms with E-state index in [1.54, 1.807) is 7.11 Å². The summed E-state index contributed by atoms with van der Waals surface area (Å²) in [5.74, 6) is 2.47. The van der Waals surface area contributed by atoms with Crippen molar-refractivity contribution in [2.45, 2.75) is 19.6 Å². The number of fused-ring (bicyclic) bond motifs is 1. The van der Waals surface area contributed by atoms with Crippen LogP contribution in [-0.4, -0.2) is 34.8 Å². The van der Waals surface area contributed by atoms with E-state index in [9.17, 15) is 5.11 Å². The Balaban J connectivity index is 1.74. The first kappa shape index (κ1) is 17.0. The third-order valence-corrected chi connectivity index (χ3v) is 3.73. The van der Waals surface area contributed by atoms with Gasteiger partial charge in [0.25, 0.3) is 0 Å². The summed E-state index contributed by atoms with van der Waals surface area (Å²) >= 11 is 0. The van der Waals surface area contributed by atoms with E-state index >= 15 is 0 Å². The molecule has 0 aliphatic rings. The van der Waals surface area contributed by atoms with Gasteiger partial charge in [-0.25, -0.2) is 9.97 Å². The highest BCUT2D eigenvalue weighted by Crippen LogP contribution is 2.26. The summed E-state index contributed by atoms with van der Waals surface area (Å²) in [7, 11) is 1.62. The van der Waals surface area contributed by atoms with Crippen LogP contribution in [0, 0.1) is 0 Å². The molecule has 1 aromatic heterocycles. The van der Waals surface area contributed by atoms with Crippen molar-refractivity contribution in [2.75, 3.05) is 19.0 Å². The SMILES string of the molecule is COc1ccccc1OC[C@H](C)Nc1nc(CO)nc2ccccc12. The normalized spacial score (nSPS) is 12.0. The number of hydrogen-bond donors (Lipinski definition) is 2. The molecule has 1 heterocycles. The first-order chi connectivity index (χ1) is 12.2. The predicted octanol–water partition coefficient (Wildman–Crippen LogP) is 3.01. The van der Waals surface area contributed by atoms with Gasteiger partial charge in [-0.2, -0.15) is 0 Å². The maximum Gasteiger partial charge on any atom is 0.161 e. The van der Waals surface area contributed by atoms with Crippen LogP contribution in [0.5, 0.6) is 11.5 Å². The van der Waals surface area contributed by atoms with Crippen LogP contribution in [0.3, 0.4) is 0 Å². The average Bonchev–Trinajstić information content (AvgIpc) is 2.66. The van der Waals surface area contributed by atoms with Crippen LogP contribution in [0.4, 0.5) is 5.82 Å². The van der Waals surface area contributed by atoms with Crippen LogP contribution in [-0.2, 0) is 6.61 Å². The first-order valence-electron chi connectivity index (χ1n) is 8.10. The van der Waals surface area contributed by atoms with Gasteiger partial charge in [0.05, 0.1) is 18.7 Å². The summed E-state index contributed by atoms with van der Waals surface area (Å²) in [6.45, 7) is 2.24. The van der Waals surface area contributed by atoms with Crippen molar-refractivity contribution in [1.29, 1.82) is 0 Å². The van der Waals surface area contributed by atoms with Crippen molar-refractivity contribution in [3.63, 3.8) is 0 Å². The maximum atomic E-state index is 9.37. The minimum absolute atomic E-state index is 0.00485. The third kappa shape index (κ3) is 3.97. The van der Waals surface area contributed by atoms with Gasteiger partial charge in [-0.3, -0.25) is 0 Å². The van der Waals surface area contributed by atoms with Crippen LogP contribution >= 0.6 is 0 Å². The van der Waals surface area contributed by atoms with Crippen molar-refractivity contribution in [1.82, 2.24) is 9.97 Å². The van der Waals surface area contributed by atoms with Gasteiger partial charge in [-0.1, -0.05) is 24.3 Å². The Hall–Kier alpha value is -2.86. The Morgan fingerprint density at radius 1 is 1.04 bits per heavy atom. The molecule has 2 aromatic carbocycles. The molecule has 25 heavy (non-hydrogen) atoms. The zero-order valence-corrected chi connectivity index (χ0v) is 14.3. The number of benzene rings is 2. The lowest BCUT2D eigenvalue weighted by Gasteiger charge is -2.18. The second kappa shape index (κ2) is 7.81. The molecule has 0 aliphatic heterocycles. The molecule has 0 radical (unpaired) electrons. The fourth-order valence-corrected chi connectivity index (χ4v) is 2.53. The summed E-state index contributed by atoms with van der Waals surface area (Å²) < 4.78 is 11.1. The molecule has 2 N–H and O–H groups in total. The lowest BCUT2D eigenvalue weighted by molar-refractivity contribution is 0.271. The number of anilines is 1. The van der Waals surface area contributed by atoms with Crippen molar-refractivity contribution in [2.24, 2.45) is 0 Å². The fraction of sp³-hybridized carbons (Fsp3) is 0.263. The highest BCUT2D eigenvalue weighted by atomic mass is 16.5. The van der Waals surface area contributed by atoms with E-state index in [0.29, 0.717) is 29.7 Å². The van der Waals surface area contributed by atoms with Crippen LogP contribution in [0.15, 0.2) is 48.5 Å². The Labute approximate surface area is 146 Å². The molecule has 1 atom stereocenters. The van der Waals surface area contributed by atoms with Crippen LogP contribution in [0.2, 0.25) is 0 Å². The minimum atomic E-state index is -0.203. The highest BCUT2D eigenvalue weighted by molar-refractivity contribution is 5.89. The largest absolute Gasteiger partial charge is 0.493 e. The molecule has 3 aromatic rings. The molecule has 0 spiro atoms. The minimum Gasteiger partial charge on any atom is -0.493 e. The number of para-hydroxylation sites is 3. The number of ether oxygens (including phenoxy) is 2. The molecule has 0 unspecified atom stereocenters. The fourth-order valence-electron chi connectivity index (χ4n) is 2.53. The number of nitrogens with one attached hydrogen (secondary N) is 1. The highest BCUT2D eigenvalue weighted by Gasteiger charge is 2.11. The quantitative estimate of drug-likeness (QED) is 0.689. The van der Waals surface area contributed by atoms with Crippen LogP contribution in [0.25, 0.3) is 10.9 Å². The third-order valence-electron chi connectivity index (χ3n) is 3.73. The molecule has 6 heteroatoms. The zero-order chi connectivity index (χ0) is 17.6. The molecule has 0 saturated carbocycles. The van der Waals surface area contributed by atoms with Crippen LogP contribution in [0.1, 0.15) is 12.7 Å². The summed E-state index contributed by atoms with van der Waals surface area (Å²) in [5, 5.41) is 13.6. The van der Waals surface area contributed by atoms with E-state index in [4.69, 9.17) is 9.47 Å². The Kier molecular flexibility index (Phi) is 5.30. The summed E-state index contributed by atoms with van der Waals surface area (Å²) in [6.07, 6.45) is 0. The van der Waals surface area contributed by atoms with Crippen molar-refractivity contribution in [3.05, 3.63) is 54.4 Å². The second-order valence-electron chi connectivity index (χ2n) is 5.67. The lowest BCUT2D eigenvalue weighted by atomic mass is 10.2. The van der Waals surface area contributed by atoms with Crippen molar-refractivity contribution < 1.29 is 14.6 Å². The van der Waals surface area contributed by atoms with Gasteiger partial charge in [0, 0.05) is 5.39 Å². The van der Waals surface area contributed by atoms with Gasteiger partial charge < -0.3 is 19.9 Å². The van der Waals surface area contributed by atoms with E-state index in [-0.39, 0.29) is 12.6 Å². The Morgan fingerprint density at radius 2 is 1.76 bits per heavy atom. The van der Waals surface area contributed by atoms with Gasteiger partial charge >= 0.3 is 0 Å². The van der Waals surface area contributed by atoms with E-state index in [1.807, 2.05) is 55.5 Å². The van der Waals surface area contributed by atoms with Crippen molar-refractivity contribution >= 4 is 16.7 Å². The number of nitrogens with zero attached hydrogens (tertiary/aromatic N) is 2. The smallest absolute Gasteiger partial charge is 0.161 e. The van der Waals surface area contributed by atoms with E-state index in [1.165, 1.54) is 0 Å². The van der Waals surface area contributed by atoms with Gasteiger partial charge in [0.15, 0.2) is 17.3 Å². The maximum absolute atomic E-state index is 9.37. The molecule has 3 rings (SSSR count). The predicted molar refractivity (Wildman–Crippen MR) is 97.0 cm³/mol. The Bertz CT molecular complexity index is 854. The molecule has 0 amide bonds. The van der Waals surface area contributed by atoms with Gasteiger partial charge in [0.2, 0.25) is 0 Å². The number of hydrogen-bond acceptors (Lipinski definition) is 6. The number of aromatic nitrogens is 2. The Morgan fingerprint density at radius 3 is 2.52 bits per heavy atom. The average molecular weight is 339 g/mol. The molecular weight excluding hydrogens is 318 g/mol. The van der Waals surface area contributed by atoms with E-state index in [0.717, 1.165) is 10.9 Å². The van der Waals surface area contributed by atoms with Gasteiger partial charge in [-0.05, 0) is 31.2 Å². The lowest BCUT2D eigenvalue weighted by Crippen LogP contribution is -2.24. The molecule has 130 valence electrons. The van der Waals surface area contributed by atoms with E-state index < -0.39 is 0 Å². The van der Waals surface area contributed by atoms with Gasteiger partial charge in [0.1, 0.15) is 19.0 Å². The second-order valence-corrected chi connectivity index (χ2v) is 5.67. The zero-order valence-electron chi connectivity index (χ0n) is 14.3. The molecule has 6 nitrogen and oxygen atoms in total. The van der Waals surface area contributed by atoms with Gasteiger partial charge in [-0.15, -0.1) is 0 Å². The monoisotopic (exact) mass is 339 g/mol. The number of aliphatic hydroxyl groups excluding tert-OH is 1. The molecular formula is C19H21N3O3. The standard InChI is InChI=1S/C19H21N3O3/c1-13(12-25-17-10-6-5-9-16(17)24-2)20-19-14-7-3-4-8-15(14)21-18(11-23)22-19/h3-10,13,23H,11-12H2,1-2H3,(H,20,21,22)/t13-/m0/s1. The molecule has 0 saturated heterocycles. The number of rotatable bonds is 7. The topological polar surface area (TPSA) is 76.5 Å². The summed E-state index contributed by atoms with van der Waals surface area (Å²) in [6, 6.07) is 15.2. The molecule has 0 fully saturated rings. The van der Waals surface area contributed by atoms with Crippen molar-refractivity contribution in [3.8, 4) is 11.5 Å². The summed E-state index contributed by atoms with van der Waals surface area (Å²) in [4.78, 5) is 8.72. The number of aliphatic hydroxyl groups is 1. The van der Waals surface area contributed by atoms with E-state index in [2.05, 4.69) is 15.3 Å². The molecule has 0 aliphatic carbocycles.